The van der Waals surface area contributed by atoms with Crippen LogP contribution in [-0.2, 0) is 6.54 Å². The normalized spacial score (nSPS) is 13.5. The molecular weight excluding hydrogens is 220 g/mol. The van der Waals surface area contributed by atoms with Crippen molar-refractivity contribution in [2.45, 2.75) is 26.4 Å². The predicted octanol–water partition coefficient (Wildman–Crippen LogP) is 1.90. The highest BCUT2D eigenvalue weighted by Crippen LogP contribution is 2.18. The maximum Gasteiger partial charge on any atom is 0.113 e. The van der Waals surface area contributed by atoms with Gasteiger partial charge in [-0.05, 0) is 5.92 Å². The number of aromatic nitrogens is 1. The van der Waals surface area contributed by atoms with Gasteiger partial charge in [0.1, 0.15) is 9.34 Å². The van der Waals surface area contributed by atoms with Crippen LogP contribution < -0.4 is 5.32 Å². The number of rotatable bonds is 5. The van der Waals surface area contributed by atoms with Crippen LogP contribution >= 0.6 is 22.9 Å². The zero-order valence-corrected chi connectivity index (χ0v) is 9.90. The van der Waals surface area contributed by atoms with Gasteiger partial charge in [-0.2, -0.15) is 0 Å². The summed E-state index contributed by atoms with van der Waals surface area (Å²) in [5.41, 5.74) is 0. The minimum atomic E-state index is 0.123. The zero-order chi connectivity index (χ0) is 10.6. The predicted molar refractivity (Wildman–Crippen MR) is 59.7 cm³/mol. The van der Waals surface area contributed by atoms with E-state index < -0.39 is 0 Å². The van der Waals surface area contributed by atoms with Gasteiger partial charge in [0.15, 0.2) is 0 Å². The van der Waals surface area contributed by atoms with E-state index in [0.29, 0.717) is 16.8 Å². The second-order valence-corrected chi connectivity index (χ2v) is 5.22. The van der Waals surface area contributed by atoms with Crippen LogP contribution in [0.1, 0.15) is 18.9 Å². The molecule has 0 spiro atoms. The van der Waals surface area contributed by atoms with Crippen molar-refractivity contribution >= 4 is 22.9 Å². The van der Waals surface area contributed by atoms with E-state index in [1.807, 2.05) is 0 Å². The van der Waals surface area contributed by atoms with Crippen LogP contribution in [-0.4, -0.2) is 22.7 Å². The molecule has 1 rings (SSSR count). The summed E-state index contributed by atoms with van der Waals surface area (Å²) in [7, 11) is 0. The molecule has 0 aromatic carbocycles. The molecule has 5 heteroatoms. The summed E-state index contributed by atoms with van der Waals surface area (Å²) < 4.78 is 0.701. The lowest BCUT2D eigenvalue weighted by molar-refractivity contribution is 0.210. The highest BCUT2D eigenvalue weighted by Gasteiger charge is 2.11. The van der Waals surface area contributed by atoms with Crippen LogP contribution in [0.25, 0.3) is 0 Å². The molecule has 80 valence electrons. The van der Waals surface area contributed by atoms with Crippen molar-refractivity contribution in [1.82, 2.24) is 10.3 Å². The Labute approximate surface area is 93.1 Å². The van der Waals surface area contributed by atoms with Crippen molar-refractivity contribution < 1.29 is 5.11 Å². The Hall–Kier alpha value is -0.160. The van der Waals surface area contributed by atoms with Gasteiger partial charge in [0.25, 0.3) is 0 Å². The first-order chi connectivity index (χ1) is 6.63. The second kappa shape index (κ2) is 5.66. The number of nitrogens with zero attached hydrogens (tertiary/aromatic N) is 1. The van der Waals surface area contributed by atoms with Gasteiger partial charge in [0.05, 0.1) is 12.8 Å². The van der Waals surface area contributed by atoms with Crippen LogP contribution in [0.3, 0.4) is 0 Å². The topological polar surface area (TPSA) is 45.1 Å². The monoisotopic (exact) mass is 234 g/mol. The van der Waals surface area contributed by atoms with Gasteiger partial charge >= 0.3 is 0 Å². The molecule has 0 saturated carbocycles. The van der Waals surface area contributed by atoms with Gasteiger partial charge in [-0.15, -0.1) is 11.3 Å². The summed E-state index contributed by atoms with van der Waals surface area (Å²) in [5, 5.41) is 13.3. The summed E-state index contributed by atoms with van der Waals surface area (Å²) in [6, 6.07) is 0.123. The summed E-state index contributed by atoms with van der Waals surface area (Å²) in [4.78, 5) is 4.12. The van der Waals surface area contributed by atoms with E-state index in [1.165, 1.54) is 11.3 Å². The van der Waals surface area contributed by atoms with Crippen molar-refractivity contribution in [3.05, 3.63) is 15.5 Å². The SMILES string of the molecule is CC(C)C(CO)NCc1ncc(Cl)s1. The Morgan fingerprint density at radius 3 is 2.79 bits per heavy atom. The molecule has 0 amide bonds. The lowest BCUT2D eigenvalue weighted by Crippen LogP contribution is -2.36. The highest BCUT2D eigenvalue weighted by atomic mass is 35.5. The van der Waals surface area contributed by atoms with Crippen LogP contribution in [0, 0.1) is 5.92 Å². The first kappa shape index (κ1) is 11.9. The Morgan fingerprint density at radius 2 is 2.36 bits per heavy atom. The van der Waals surface area contributed by atoms with E-state index in [9.17, 15) is 0 Å². The molecule has 0 aliphatic carbocycles. The molecule has 1 unspecified atom stereocenters. The molecule has 1 atom stereocenters. The number of thiazole rings is 1. The fourth-order valence-electron chi connectivity index (χ4n) is 1.10. The largest absolute Gasteiger partial charge is 0.395 e. The van der Waals surface area contributed by atoms with Crippen LogP contribution in [0.2, 0.25) is 4.34 Å². The van der Waals surface area contributed by atoms with E-state index >= 15 is 0 Å². The van der Waals surface area contributed by atoms with E-state index in [1.54, 1.807) is 6.20 Å². The van der Waals surface area contributed by atoms with E-state index in [2.05, 4.69) is 24.1 Å². The van der Waals surface area contributed by atoms with Crippen molar-refractivity contribution in [3.8, 4) is 0 Å². The molecule has 0 bridgehead atoms. The molecule has 0 aliphatic heterocycles. The third-order valence-electron chi connectivity index (χ3n) is 2.04. The van der Waals surface area contributed by atoms with Crippen molar-refractivity contribution in [2.24, 2.45) is 5.92 Å². The van der Waals surface area contributed by atoms with Crippen molar-refractivity contribution in [3.63, 3.8) is 0 Å². The standard InChI is InChI=1S/C9H15ClN2OS/c1-6(2)7(5-13)11-4-9-12-3-8(10)14-9/h3,6-7,11,13H,4-5H2,1-2H3. The molecule has 0 aliphatic rings. The first-order valence-electron chi connectivity index (χ1n) is 4.58. The maximum atomic E-state index is 9.07. The van der Waals surface area contributed by atoms with Gasteiger partial charge in [-0.25, -0.2) is 4.98 Å². The molecule has 0 radical (unpaired) electrons. The molecule has 2 N–H and O–H groups in total. The minimum Gasteiger partial charge on any atom is -0.395 e. The van der Waals surface area contributed by atoms with Crippen LogP contribution in [0.5, 0.6) is 0 Å². The molecule has 3 nitrogen and oxygen atoms in total. The quantitative estimate of drug-likeness (QED) is 0.818. The van der Waals surface area contributed by atoms with Crippen LogP contribution in [0.15, 0.2) is 6.20 Å². The number of aliphatic hydroxyl groups excluding tert-OH is 1. The van der Waals surface area contributed by atoms with E-state index in [4.69, 9.17) is 16.7 Å². The van der Waals surface area contributed by atoms with Crippen molar-refractivity contribution in [1.29, 1.82) is 0 Å². The minimum absolute atomic E-state index is 0.123. The molecule has 1 aromatic heterocycles. The van der Waals surface area contributed by atoms with Gasteiger partial charge in [0.2, 0.25) is 0 Å². The summed E-state index contributed by atoms with van der Waals surface area (Å²) >= 11 is 7.21. The van der Waals surface area contributed by atoms with Gasteiger partial charge in [-0.3, -0.25) is 0 Å². The van der Waals surface area contributed by atoms with Crippen molar-refractivity contribution in [2.75, 3.05) is 6.61 Å². The zero-order valence-electron chi connectivity index (χ0n) is 8.33. The Morgan fingerprint density at radius 1 is 1.64 bits per heavy atom. The third-order valence-corrected chi connectivity index (χ3v) is 3.16. The average Bonchev–Trinajstić information content (AvgIpc) is 2.52. The molecular formula is C9H15ClN2OS. The number of halogens is 1. The van der Waals surface area contributed by atoms with Gasteiger partial charge in [-0.1, -0.05) is 25.4 Å². The average molecular weight is 235 g/mol. The lowest BCUT2D eigenvalue weighted by atomic mass is 10.1. The number of aliphatic hydroxyl groups is 1. The molecule has 0 saturated heterocycles. The highest BCUT2D eigenvalue weighted by molar-refractivity contribution is 7.15. The Balaban J connectivity index is 2.39. The first-order valence-corrected chi connectivity index (χ1v) is 5.77. The number of hydrogen-bond acceptors (Lipinski definition) is 4. The van der Waals surface area contributed by atoms with Gasteiger partial charge in [0, 0.05) is 12.6 Å². The Kier molecular flexibility index (Phi) is 4.81. The Bertz CT molecular complexity index is 278. The maximum absolute atomic E-state index is 9.07. The van der Waals surface area contributed by atoms with E-state index in [-0.39, 0.29) is 12.6 Å². The molecule has 1 aromatic rings. The van der Waals surface area contributed by atoms with Gasteiger partial charge < -0.3 is 10.4 Å². The molecule has 14 heavy (non-hydrogen) atoms. The molecule has 1 heterocycles. The van der Waals surface area contributed by atoms with E-state index in [0.717, 1.165) is 5.01 Å². The third kappa shape index (κ3) is 3.53. The smallest absolute Gasteiger partial charge is 0.113 e. The fraction of sp³-hybridized carbons (Fsp3) is 0.667. The van der Waals surface area contributed by atoms with Crippen LogP contribution in [0.4, 0.5) is 0 Å². The summed E-state index contributed by atoms with van der Waals surface area (Å²) in [6.45, 7) is 4.96. The molecule has 0 fully saturated rings. The number of nitrogens with one attached hydrogen (secondary N) is 1. The fourth-order valence-corrected chi connectivity index (χ4v) is 2.01. The number of hydrogen-bond donors (Lipinski definition) is 2. The summed E-state index contributed by atoms with van der Waals surface area (Å²) in [5.74, 6) is 0.412. The summed E-state index contributed by atoms with van der Waals surface area (Å²) in [6.07, 6.45) is 1.65. The lowest BCUT2D eigenvalue weighted by Gasteiger charge is -2.18. The second-order valence-electron chi connectivity index (χ2n) is 3.47.